The molecule has 1 aromatic carbocycles. The molecule has 2 N–H and O–H groups in total. The van der Waals surface area contributed by atoms with Gasteiger partial charge in [-0.15, -0.1) is 0 Å². The van der Waals surface area contributed by atoms with Crippen molar-refractivity contribution in [3.05, 3.63) is 35.9 Å². The van der Waals surface area contributed by atoms with Crippen molar-refractivity contribution < 1.29 is 0 Å². The Morgan fingerprint density at radius 1 is 1.00 bits per heavy atom. The molecule has 3 heteroatoms. The van der Waals surface area contributed by atoms with Gasteiger partial charge in [0.2, 0.25) is 0 Å². The molecule has 3 rings (SSSR count). The van der Waals surface area contributed by atoms with E-state index in [-0.39, 0.29) is 0 Å². The summed E-state index contributed by atoms with van der Waals surface area (Å²) in [5.74, 6) is 0. The molecule has 3 nitrogen and oxygen atoms in total. The third kappa shape index (κ3) is 2.44. The Kier molecular flexibility index (Phi) is 3.37. The van der Waals surface area contributed by atoms with Gasteiger partial charge in [-0.25, -0.2) is 0 Å². The van der Waals surface area contributed by atoms with Crippen molar-refractivity contribution in [2.45, 2.75) is 24.9 Å². The minimum Gasteiger partial charge on any atom is -0.329 e. The summed E-state index contributed by atoms with van der Waals surface area (Å²) in [6, 6.07) is 10.8. The van der Waals surface area contributed by atoms with E-state index in [4.69, 9.17) is 5.73 Å². The summed E-state index contributed by atoms with van der Waals surface area (Å²) >= 11 is 0. The molecule has 1 aliphatic carbocycles. The topological polar surface area (TPSA) is 32.5 Å². The van der Waals surface area contributed by atoms with Crippen molar-refractivity contribution in [3.8, 4) is 0 Å². The minimum absolute atomic E-state index is 0.388. The highest BCUT2D eigenvalue weighted by molar-refractivity contribution is 5.14. The average molecular weight is 245 g/mol. The number of benzene rings is 1. The van der Waals surface area contributed by atoms with Crippen LogP contribution in [0.2, 0.25) is 0 Å². The summed E-state index contributed by atoms with van der Waals surface area (Å²) in [7, 11) is 0. The highest BCUT2D eigenvalue weighted by Gasteiger charge is 2.47. The lowest BCUT2D eigenvalue weighted by atomic mass is 10.1. The van der Waals surface area contributed by atoms with Crippen molar-refractivity contribution in [1.29, 1.82) is 0 Å². The third-order valence-corrected chi connectivity index (χ3v) is 4.50. The molecule has 0 aromatic heterocycles. The van der Waals surface area contributed by atoms with E-state index in [1.54, 1.807) is 0 Å². The van der Waals surface area contributed by atoms with Crippen LogP contribution in [0.25, 0.3) is 0 Å². The van der Waals surface area contributed by atoms with Gasteiger partial charge < -0.3 is 5.73 Å². The molecule has 0 spiro atoms. The summed E-state index contributed by atoms with van der Waals surface area (Å²) in [5, 5.41) is 0. The van der Waals surface area contributed by atoms with Gasteiger partial charge in [0.05, 0.1) is 0 Å². The maximum Gasteiger partial charge on any atom is 0.0334 e. The van der Waals surface area contributed by atoms with Crippen LogP contribution in [0.3, 0.4) is 0 Å². The van der Waals surface area contributed by atoms with E-state index >= 15 is 0 Å². The summed E-state index contributed by atoms with van der Waals surface area (Å²) in [6.07, 6.45) is 2.62. The van der Waals surface area contributed by atoms with Gasteiger partial charge in [0, 0.05) is 44.8 Å². The Morgan fingerprint density at radius 3 is 2.22 bits per heavy atom. The van der Waals surface area contributed by atoms with E-state index in [1.807, 2.05) is 0 Å². The number of nitrogens with zero attached hydrogens (tertiary/aromatic N) is 2. The third-order valence-electron chi connectivity index (χ3n) is 4.50. The molecule has 0 bridgehead atoms. The van der Waals surface area contributed by atoms with Gasteiger partial charge in [-0.3, -0.25) is 9.80 Å². The van der Waals surface area contributed by atoms with Crippen LogP contribution >= 0.6 is 0 Å². The Balaban J connectivity index is 1.51. The van der Waals surface area contributed by atoms with Crippen molar-refractivity contribution >= 4 is 0 Å². The molecule has 0 radical (unpaired) electrons. The van der Waals surface area contributed by atoms with Gasteiger partial charge in [0.1, 0.15) is 0 Å². The molecular formula is C15H23N3. The molecule has 1 saturated heterocycles. The smallest absolute Gasteiger partial charge is 0.0334 e. The van der Waals surface area contributed by atoms with E-state index in [1.165, 1.54) is 44.6 Å². The summed E-state index contributed by atoms with van der Waals surface area (Å²) < 4.78 is 0. The second kappa shape index (κ2) is 5.00. The fourth-order valence-electron chi connectivity index (χ4n) is 3.02. The van der Waals surface area contributed by atoms with Crippen molar-refractivity contribution in [3.63, 3.8) is 0 Å². The predicted octanol–water partition coefficient (Wildman–Crippen LogP) is 1.30. The van der Waals surface area contributed by atoms with Crippen LogP contribution in [-0.4, -0.2) is 48.1 Å². The minimum atomic E-state index is 0.388. The Bertz CT molecular complexity index is 378. The van der Waals surface area contributed by atoms with Crippen molar-refractivity contribution in [2.24, 2.45) is 5.73 Å². The average Bonchev–Trinajstić information content (AvgIpc) is 3.22. The summed E-state index contributed by atoms with van der Waals surface area (Å²) in [5.41, 5.74) is 7.71. The predicted molar refractivity (Wildman–Crippen MR) is 74.3 cm³/mol. The Labute approximate surface area is 110 Å². The first-order chi connectivity index (χ1) is 8.82. The fourth-order valence-corrected chi connectivity index (χ4v) is 3.02. The lowest BCUT2D eigenvalue weighted by Crippen LogP contribution is -2.53. The zero-order valence-electron chi connectivity index (χ0n) is 11.0. The van der Waals surface area contributed by atoms with Crippen LogP contribution in [0, 0.1) is 0 Å². The molecule has 1 saturated carbocycles. The second-order valence-corrected chi connectivity index (χ2v) is 5.68. The van der Waals surface area contributed by atoms with Gasteiger partial charge in [0.25, 0.3) is 0 Å². The molecule has 18 heavy (non-hydrogen) atoms. The summed E-state index contributed by atoms with van der Waals surface area (Å²) in [4.78, 5) is 5.17. The molecule has 98 valence electrons. The van der Waals surface area contributed by atoms with Gasteiger partial charge in [-0.05, 0) is 18.4 Å². The van der Waals surface area contributed by atoms with E-state index in [0.29, 0.717) is 5.54 Å². The molecule has 1 aromatic rings. The molecule has 0 unspecified atom stereocenters. The first-order valence-corrected chi connectivity index (χ1v) is 7.04. The molecule has 1 heterocycles. The zero-order chi connectivity index (χ0) is 12.4. The van der Waals surface area contributed by atoms with Crippen LogP contribution in [0.15, 0.2) is 30.3 Å². The largest absolute Gasteiger partial charge is 0.329 e. The monoisotopic (exact) mass is 245 g/mol. The molecule has 0 amide bonds. The number of rotatable bonds is 4. The van der Waals surface area contributed by atoms with Gasteiger partial charge >= 0.3 is 0 Å². The van der Waals surface area contributed by atoms with Crippen LogP contribution in [0.1, 0.15) is 18.4 Å². The van der Waals surface area contributed by atoms with Crippen LogP contribution in [0.5, 0.6) is 0 Å². The van der Waals surface area contributed by atoms with E-state index < -0.39 is 0 Å². The quantitative estimate of drug-likeness (QED) is 0.868. The van der Waals surface area contributed by atoms with E-state index in [0.717, 1.165) is 13.1 Å². The molecule has 1 aliphatic heterocycles. The first kappa shape index (κ1) is 12.2. The van der Waals surface area contributed by atoms with E-state index in [2.05, 4.69) is 40.1 Å². The number of hydrogen-bond acceptors (Lipinski definition) is 3. The maximum atomic E-state index is 5.90. The zero-order valence-corrected chi connectivity index (χ0v) is 11.0. The molecule has 0 atom stereocenters. The van der Waals surface area contributed by atoms with Gasteiger partial charge in [-0.2, -0.15) is 0 Å². The van der Waals surface area contributed by atoms with Gasteiger partial charge in [-0.1, -0.05) is 30.3 Å². The van der Waals surface area contributed by atoms with Crippen molar-refractivity contribution in [2.75, 3.05) is 32.7 Å². The van der Waals surface area contributed by atoms with Gasteiger partial charge in [0.15, 0.2) is 0 Å². The van der Waals surface area contributed by atoms with Crippen LogP contribution in [-0.2, 0) is 6.54 Å². The first-order valence-electron chi connectivity index (χ1n) is 7.04. The highest BCUT2D eigenvalue weighted by Crippen LogP contribution is 2.41. The lowest BCUT2D eigenvalue weighted by molar-refractivity contribution is 0.0839. The van der Waals surface area contributed by atoms with Crippen molar-refractivity contribution in [1.82, 2.24) is 9.80 Å². The van der Waals surface area contributed by atoms with E-state index in [9.17, 15) is 0 Å². The lowest BCUT2D eigenvalue weighted by Gasteiger charge is -2.39. The molecular weight excluding hydrogens is 222 g/mol. The standard InChI is InChI=1S/C15H23N3/c16-13-15(6-7-15)18-10-8-17(9-11-18)12-14-4-2-1-3-5-14/h1-5H,6-13,16H2. The summed E-state index contributed by atoms with van der Waals surface area (Å²) in [6.45, 7) is 6.65. The number of nitrogens with two attached hydrogens (primary N) is 1. The second-order valence-electron chi connectivity index (χ2n) is 5.68. The maximum absolute atomic E-state index is 5.90. The Morgan fingerprint density at radius 2 is 1.67 bits per heavy atom. The Hall–Kier alpha value is -0.900. The fraction of sp³-hybridized carbons (Fsp3) is 0.600. The highest BCUT2D eigenvalue weighted by atomic mass is 15.3. The normalized spacial score (nSPS) is 24.1. The SMILES string of the molecule is NCC1(N2CCN(Cc3ccccc3)CC2)CC1. The molecule has 2 fully saturated rings. The van der Waals surface area contributed by atoms with Crippen LogP contribution in [0.4, 0.5) is 0 Å². The number of piperazine rings is 1. The number of hydrogen-bond donors (Lipinski definition) is 1. The molecule has 2 aliphatic rings. The van der Waals surface area contributed by atoms with Crippen LogP contribution < -0.4 is 5.73 Å².